The van der Waals surface area contributed by atoms with Gasteiger partial charge < -0.3 is 10.0 Å². The summed E-state index contributed by atoms with van der Waals surface area (Å²) in [5.41, 5.74) is 1.94. The highest BCUT2D eigenvalue weighted by Gasteiger charge is 2.32. The molecule has 0 saturated carbocycles. The first kappa shape index (κ1) is 12.7. The summed E-state index contributed by atoms with van der Waals surface area (Å²) in [5.74, 6) is -0.212. The number of halogens is 1. The Labute approximate surface area is 109 Å². The van der Waals surface area contributed by atoms with Gasteiger partial charge in [0, 0.05) is 23.5 Å². The van der Waals surface area contributed by atoms with Crippen molar-refractivity contribution in [2.24, 2.45) is 0 Å². The number of nitrogens with zero attached hydrogens (tertiary/aromatic N) is 1. The Morgan fingerprint density at radius 1 is 1.59 bits per heavy atom. The van der Waals surface area contributed by atoms with E-state index in [2.05, 4.69) is 0 Å². The van der Waals surface area contributed by atoms with Gasteiger partial charge in [0.2, 0.25) is 0 Å². The number of benzene rings is 1. The SMILES string of the molecule is CCc1c(SCl)cccc1N1CCC(O)C1=O. The summed E-state index contributed by atoms with van der Waals surface area (Å²) in [6.45, 7) is 2.61. The van der Waals surface area contributed by atoms with Crippen molar-refractivity contribution >= 4 is 33.3 Å². The normalized spacial score (nSPS) is 20.1. The molecule has 1 aromatic carbocycles. The molecule has 1 aromatic rings. The van der Waals surface area contributed by atoms with E-state index in [0.717, 1.165) is 22.6 Å². The van der Waals surface area contributed by atoms with Gasteiger partial charge in [-0.05, 0) is 45.8 Å². The standard InChI is InChI=1S/C12H14ClNO2S/c1-2-8-9(4-3-5-11(8)17-13)14-7-6-10(15)12(14)16/h3-5,10,15H,2,6-7H2,1H3. The van der Waals surface area contributed by atoms with Crippen molar-refractivity contribution in [1.82, 2.24) is 0 Å². The average molecular weight is 272 g/mol. The Morgan fingerprint density at radius 3 is 2.88 bits per heavy atom. The molecule has 1 amide bonds. The van der Waals surface area contributed by atoms with Crippen LogP contribution in [0.15, 0.2) is 23.1 Å². The van der Waals surface area contributed by atoms with E-state index in [0.29, 0.717) is 13.0 Å². The van der Waals surface area contributed by atoms with E-state index in [1.807, 2.05) is 25.1 Å². The molecule has 1 heterocycles. The van der Waals surface area contributed by atoms with Gasteiger partial charge >= 0.3 is 0 Å². The summed E-state index contributed by atoms with van der Waals surface area (Å²) in [5, 5.41) is 9.50. The quantitative estimate of drug-likeness (QED) is 0.919. The van der Waals surface area contributed by atoms with Crippen molar-refractivity contribution in [1.29, 1.82) is 0 Å². The first-order valence-corrected chi connectivity index (χ1v) is 7.23. The van der Waals surface area contributed by atoms with Gasteiger partial charge in [-0.25, -0.2) is 0 Å². The van der Waals surface area contributed by atoms with E-state index in [-0.39, 0.29) is 5.91 Å². The van der Waals surface area contributed by atoms with Crippen molar-refractivity contribution in [3.05, 3.63) is 23.8 Å². The first-order chi connectivity index (χ1) is 8.19. The van der Waals surface area contributed by atoms with Crippen LogP contribution in [0.1, 0.15) is 18.9 Å². The maximum absolute atomic E-state index is 11.8. The summed E-state index contributed by atoms with van der Waals surface area (Å²) in [4.78, 5) is 14.4. The Morgan fingerprint density at radius 2 is 2.35 bits per heavy atom. The molecular weight excluding hydrogens is 258 g/mol. The zero-order valence-corrected chi connectivity index (χ0v) is 11.1. The second-order valence-corrected chi connectivity index (χ2v) is 5.04. The topological polar surface area (TPSA) is 40.5 Å². The molecule has 1 aliphatic rings. The van der Waals surface area contributed by atoms with Crippen LogP contribution in [0.4, 0.5) is 5.69 Å². The molecule has 0 bridgehead atoms. The molecular formula is C12H14ClNO2S. The summed E-state index contributed by atoms with van der Waals surface area (Å²) < 4.78 is 0. The number of carbonyl (C=O) groups is 1. The second kappa shape index (κ2) is 5.29. The molecule has 1 atom stereocenters. The van der Waals surface area contributed by atoms with Crippen molar-refractivity contribution in [2.75, 3.05) is 11.4 Å². The maximum atomic E-state index is 11.8. The van der Waals surface area contributed by atoms with Crippen molar-refractivity contribution in [3.8, 4) is 0 Å². The zero-order chi connectivity index (χ0) is 12.4. The van der Waals surface area contributed by atoms with Crippen molar-refractivity contribution in [3.63, 3.8) is 0 Å². The predicted molar refractivity (Wildman–Crippen MR) is 70.5 cm³/mol. The van der Waals surface area contributed by atoms with E-state index >= 15 is 0 Å². The Bertz CT molecular complexity index is 439. The highest BCUT2D eigenvalue weighted by molar-refractivity contribution is 8.21. The molecule has 0 aliphatic carbocycles. The summed E-state index contributed by atoms with van der Waals surface area (Å²) in [7, 11) is 6.99. The molecule has 1 N–H and O–H groups in total. The highest BCUT2D eigenvalue weighted by atomic mass is 35.7. The molecule has 0 aromatic heterocycles. The third-order valence-corrected chi connectivity index (χ3v) is 4.06. The molecule has 1 unspecified atom stereocenters. The van der Waals surface area contributed by atoms with E-state index < -0.39 is 6.10 Å². The van der Waals surface area contributed by atoms with Gasteiger partial charge in [-0.2, -0.15) is 0 Å². The van der Waals surface area contributed by atoms with E-state index in [1.165, 1.54) is 11.0 Å². The fraction of sp³-hybridized carbons (Fsp3) is 0.417. The van der Waals surface area contributed by atoms with E-state index in [1.54, 1.807) is 4.90 Å². The predicted octanol–water partition coefficient (Wildman–Crippen LogP) is 2.59. The van der Waals surface area contributed by atoms with Crippen LogP contribution in [-0.4, -0.2) is 23.7 Å². The first-order valence-electron chi connectivity index (χ1n) is 5.59. The minimum Gasteiger partial charge on any atom is -0.383 e. The van der Waals surface area contributed by atoms with Gasteiger partial charge in [-0.15, -0.1) is 0 Å². The second-order valence-electron chi connectivity index (χ2n) is 3.98. The molecule has 2 rings (SSSR count). The molecule has 92 valence electrons. The van der Waals surface area contributed by atoms with Gasteiger partial charge in [0.1, 0.15) is 6.10 Å². The molecule has 0 radical (unpaired) electrons. The third-order valence-electron chi connectivity index (χ3n) is 3.01. The Hall–Kier alpha value is -0.710. The lowest BCUT2D eigenvalue weighted by Gasteiger charge is -2.20. The van der Waals surface area contributed by atoms with Crippen LogP contribution < -0.4 is 4.90 Å². The lowest BCUT2D eigenvalue weighted by molar-refractivity contribution is -0.124. The van der Waals surface area contributed by atoms with Crippen LogP contribution in [0, 0.1) is 0 Å². The summed E-state index contributed by atoms with van der Waals surface area (Å²) in [6.07, 6.45) is 0.456. The fourth-order valence-electron chi connectivity index (χ4n) is 2.14. The average Bonchev–Trinajstić information content (AvgIpc) is 2.69. The highest BCUT2D eigenvalue weighted by Crippen LogP contribution is 2.34. The van der Waals surface area contributed by atoms with E-state index in [9.17, 15) is 9.90 Å². The van der Waals surface area contributed by atoms with Crippen LogP contribution in [0.2, 0.25) is 0 Å². The number of hydrogen-bond donors (Lipinski definition) is 1. The lowest BCUT2D eigenvalue weighted by atomic mass is 10.1. The zero-order valence-electron chi connectivity index (χ0n) is 9.52. The molecule has 0 spiro atoms. The van der Waals surface area contributed by atoms with Gasteiger partial charge in [-0.3, -0.25) is 4.79 Å². The number of aliphatic hydroxyl groups is 1. The van der Waals surface area contributed by atoms with Crippen molar-refractivity contribution < 1.29 is 9.90 Å². The van der Waals surface area contributed by atoms with Crippen molar-refractivity contribution in [2.45, 2.75) is 30.8 Å². The van der Waals surface area contributed by atoms with Crippen LogP contribution in [-0.2, 0) is 11.2 Å². The minimum absolute atomic E-state index is 0.212. The summed E-state index contributed by atoms with van der Waals surface area (Å²) >= 11 is 0. The molecule has 1 aliphatic heterocycles. The molecule has 1 fully saturated rings. The van der Waals surface area contributed by atoms with Gasteiger partial charge in [-0.1, -0.05) is 13.0 Å². The van der Waals surface area contributed by atoms with Gasteiger partial charge in [0.05, 0.1) is 0 Å². The third kappa shape index (κ3) is 2.30. The molecule has 5 heteroatoms. The van der Waals surface area contributed by atoms with Gasteiger partial charge in [0.15, 0.2) is 0 Å². The lowest BCUT2D eigenvalue weighted by Crippen LogP contribution is -2.29. The van der Waals surface area contributed by atoms with Crippen LogP contribution >= 0.6 is 21.7 Å². The number of carbonyl (C=O) groups excluding carboxylic acids is 1. The largest absolute Gasteiger partial charge is 0.383 e. The number of hydrogen-bond acceptors (Lipinski definition) is 3. The smallest absolute Gasteiger partial charge is 0.255 e. The van der Waals surface area contributed by atoms with Crippen LogP contribution in [0.5, 0.6) is 0 Å². The number of rotatable bonds is 3. The molecule has 1 saturated heterocycles. The number of amides is 1. The van der Waals surface area contributed by atoms with E-state index in [4.69, 9.17) is 10.7 Å². The van der Waals surface area contributed by atoms with Gasteiger partial charge in [0.25, 0.3) is 5.91 Å². The Kier molecular flexibility index (Phi) is 3.97. The minimum atomic E-state index is -0.855. The summed E-state index contributed by atoms with van der Waals surface area (Å²) in [6, 6.07) is 5.74. The Balaban J connectivity index is 2.42. The van der Waals surface area contributed by atoms with Crippen LogP contribution in [0.3, 0.4) is 0 Å². The van der Waals surface area contributed by atoms with Crippen LogP contribution in [0.25, 0.3) is 0 Å². The fourth-order valence-corrected chi connectivity index (χ4v) is 3.04. The number of aliphatic hydroxyl groups excluding tert-OH is 1. The monoisotopic (exact) mass is 271 g/mol. The number of anilines is 1. The molecule has 3 nitrogen and oxygen atoms in total. The molecule has 17 heavy (non-hydrogen) atoms. The maximum Gasteiger partial charge on any atom is 0.255 e.